The van der Waals surface area contributed by atoms with E-state index in [0.29, 0.717) is 0 Å². The minimum atomic E-state index is -0.221. The number of hydrogen-bond donors (Lipinski definition) is 0. The quantitative estimate of drug-likeness (QED) is 0.546. The normalized spacial score (nSPS) is 15.2. The van der Waals surface area contributed by atoms with Gasteiger partial charge in [-0.3, -0.25) is 0 Å². The highest BCUT2D eigenvalue weighted by Gasteiger charge is 2.39. The number of hydrogen-bond acceptors (Lipinski definition) is 0. The molecule has 0 aliphatic heterocycles. The molecular weight excluding hydrogens is 294 g/mol. The summed E-state index contributed by atoms with van der Waals surface area (Å²) in [5.41, 5.74) is 7.39. The zero-order valence-electron chi connectivity index (χ0n) is 14.5. The van der Waals surface area contributed by atoms with Crippen molar-refractivity contribution in [1.29, 1.82) is 0 Å². The van der Waals surface area contributed by atoms with Gasteiger partial charge in [-0.25, -0.2) is 0 Å². The number of nitrogens with zero attached hydrogens (tertiary/aromatic N) is 1. The van der Waals surface area contributed by atoms with Crippen molar-refractivity contribution in [2.24, 2.45) is 0 Å². The van der Waals surface area contributed by atoms with E-state index >= 15 is 0 Å². The summed E-state index contributed by atoms with van der Waals surface area (Å²) >= 11 is 0. The van der Waals surface area contributed by atoms with Gasteiger partial charge in [0.25, 0.3) is 0 Å². The van der Waals surface area contributed by atoms with E-state index in [1.165, 1.54) is 39.3 Å². The van der Waals surface area contributed by atoms with Crippen LogP contribution in [0.4, 0.5) is 0 Å². The molecule has 3 aromatic rings. The van der Waals surface area contributed by atoms with Gasteiger partial charge in [-0.15, -0.1) is 0 Å². The fourth-order valence-corrected chi connectivity index (χ4v) is 4.82. The van der Waals surface area contributed by atoms with Gasteiger partial charge in [-0.05, 0) is 23.2 Å². The Balaban J connectivity index is 2.05. The third-order valence-electron chi connectivity index (χ3n) is 5.29. The number of fused-ring (bicyclic) bond motifs is 5. The predicted molar refractivity (Wildman–Crippen MR) is 102 cm³/mol. The van der Waals surface area contributed by atoms with Gasteiger partial charge in [-0.1, -0.05) is 69.4 Å². The van der Waals surface area contributed by atoms with Crippen LogP contribution in [-0.2, 0) is 12.0 Å². The van der Waals surface area contributed by atoms with Gasteiger partial charge >= 0.3 is 0 Å². The van der Waals surface area contributed by atoms with E-state index in [9.17, 15) is 0 Å². The number of para-hydroxylation sites is 1. The van der Waals surface area contributed by atoms with Crippen LogP contribution in [0.15, 0.2) is 48.5 Å². The highest BCUT2D eigenvalue weighted by Crippen LogP contribution is 2.52. The van der Waals surface area contributed by atoms with Gasteiger partial charge in [0, 0.05) is 37.2 Å². The van der Waals surface area contributed by atoms with E-state index in [1.807, 2.05) is 0 Å². The summed E-state index contributed by atoms with van der Waals surface area (Å²) in [5, 5.41) is 1.43. The summed E-state index contributed by atoms with van der Waals surface area (Å²) in [6.07, 6.45) is 0. The molecule has 1 aliphatic rings. The third-order valence-corrected chi connectivity index (χ3v) is 6.51. The average Bonchev–Trinajstić information content (AvgIpc) is 2.98. The average molecular weight is 319 g/mol. The van der Waals surface area contributed by atoms with Crippen molar-refractivity contribution in [3.05, 3.63) is 59.7 Å². The lowest BCUT2D eigenvalue weighted by Crippen LogP contribution is -2.14. The zero-order valence-corrected chi connectivity index (χ0v) is 15.5. The second kappa shape index (κ2) is 5.10. The van der Waals surface area contributed by atoms with E-state index in [2.05, 4.69) is 80.0 Å². The van der Waals surface area contributed by atoms with Crippen molar-refractivity contribution >= 4 is 19.7 Å². The van der Waals surface area contributed by atoms with Gasteiger partial charge in [0.05, 0.1) is 5.69 Å². The molecule has 0 fully saturated rings. The Labute approximate surface area is 140 Å². The van der Waals surface area contributed by atoms with E-state index in [-0.39, 0.29) is 14.2 Å². The summed E-state index contributed by atoms with van der Waals surface area (Å²) in [5.74, 6) is 0. The van der Waals surface area contributed by atoms with Crippen molar-refractivity contribution in [2.45, 2.75) is 44.9 Å². The maximum Gasteiger partial charge on any atom is 0.0535 e. The Morgan fingerprint density at radius 1 is 0.957 bits per heavy atom. The number of aromatic nitrogens is 1. The van der Waals surface area contributed by atoms with Crippen LogP contribution >= 0.6 is 0 Å². The summed E-state index contributed by atoms with van der Waals surface area (Å²) in [6, 6.07) is 19.3. The molecule has 2 aromatic carbocycles. The molecule has 1 aliphatic carbocycles. The molecule has 1 nitrogen and oxygen atoms in total. The van der Waals surface area contributed by atoms with Crippen LogP contribution in [0.3, 0.4) is 0 Å². The first-order valence-electron chi connectivity index (χ1n) is 8.52. The lowest BCUT2D eigenvalue weighted by molar-refractivity contribution is 0.665. The first kappa shape index (κ1) is 14.8. The van der Waals surface area contributed by atoms with E-state index < -0.39 is 0 Å². The van der Waals surface area contributed by atoms with Crippen molar-refractivity contribution in [3.63, 3.8) is 0 Å². The summed E-state index contributed by atoms with van der Waals surface area (Å²) in [6.45, 7) is 10.7. The zero-order chi connectivity index (χ0) is 16.2. The monoisotopic (exact) mass is 318 g/mol. The van der Waals surface area contributed by atoms with Gasteiger partial charge in [0.15, 0.2) is 0 Å². The molecule has 2 heteroatoms. The minimum Gasteiger partial charge on any atom is -0.341 e. The Kier molecular flexibility index (Phi) is 3.28. The summed E-state index contributed by atoms with van der Waals surface area (Å²) in [7, 11) is -0.221. The fourth-order valence-electron chi connectivity index (χ4n) is 4.15. The molecule has 0 bridgehead atoms. The molecule has 1 aromatic heterocycles. The van der Waals surface area contributed by atoms with Gasteiger partial charge in [0.1, 0.15) is 0 Å². The van der Waals surface area contributed by atoms with Crippen LogP contribution in [0.2, 0.25) is 19.1 Å². The topological polar surface area (TPSA) is 4.93 Å². The summed E-state index contributed by atoms with van der Waals surface area (Å²) < 4.78 is 2.59. The van der Waals surface area contributed by atoms with Crippen LogP contribution in [0.25, 0.3) is 22.2 Å². The molecular formula is C21H24NSi. The first-order valence-corrected chi connectivity index (χ1v) is 11.2. The van der Waals surface area contributed by atoms with Crippen LogP contribution in [0.5, 0.6) is 0 Å². The highest BCUT2D eigenvalue weighted by atomic mass is 28.3. The Bertz CT molecular complexity index is 886. The van der Waals surface area contributed by atoms with Crippen LogP contribution < -0.4 is 0 Å². The molecule has 1 heterocycles. The molecule has 4 rings (SSSR count). The van der Waals surface area contributed by atoms with Crippen molar-refractivity contribution in [1.82, 2.24) is 4.57 Å². The maximum absolute atomic E-state index is 2.59. The molecule has 0 atom stereocenters. The highest BCUT2D eigenvalue weighted by molar-refractivity contribution is 6.55. The number of aryl methyl sites for hydroxylation is 1. The minimum absolute atomic E-state index is 0.0863. The smallest absolute Gasteiger partial charge is 0.0535 e. The molecule has 0 amide bonds. The van der Waals surface area contributed by atoms with Crippen molar-refractivity contribution in [2.75, 3.05) is 0 Å². The van der Waals surface area contributed by atoms with Crippen molar-refractivity contribution in [3.8, 4) is 11.3 Å². The van der Waals surface area contributed by atoms with Crippen LogP contribution in [0, 0.1) is 0 Å². The molecule has 0 unspecified atom stereocenters. The lowest BCUT2D eigenvalue weighted by atomic mass is 9.81. The Morgan fingerprint density at radius 2 is 1.65 bits per heavy atom. The maximum atomic E-state index is 2.59. The van der Waals surface area contributed by atoms with E-state index in [1.54, 1.807) is 0 Å². The Morgan fingerprint density at radius 3 is 2.43 bits per heavy atom. The molecule has 1 radical (unpaired) electrons. The Hall–Kier alpha value is -1.80. The molecule has 0 saturated carbocycles. The second-order valence-electron chi connectivity index (χ2n) is 7.52. The van der Waals surface area contributed by atoms with E-state index in [4.69, 9.17) is 0 Å². The fraction of sp³-hybridized carbons (Fsp3) is 0.333. The largest absolute Gasteiger partial charge is 0.341 e. The van der Waals surface area contributed by atoms with Gasteiger partial charge in [-0.2, -0.15) is 0 Å². The first-order chi connectivity index (χ1) is 11.0. The predicted octanol–water partition coefficient (Wildman–Crippen LogP) is 5.70. The molecule has 117 valence electrons. The van der Waals surface area contributed by atoms with E-state index in [0.717, 1.165) is 6.54 Å². The lowest BCUT2D eigenvalue weighted by Gasteiger charge is -2.21. The van der Waals surface area contributed by atoms with Gasteiger partial charge in [0.2, 0.25) is 0 Å². The standard InChI is InChI=1S/C21H24NSi/c1-21(2)17-11-7-5-9-15(17)20-19(21)16-10-6-8-12-18(16)22(20)13-14-23(3)4/h5-12H,13-14H2,1-4H3. The SMILES string of the molecule is C[Si](C)CCn1c2c(c3ccccc31)C(C)(C)c1ccccc1-2. The second-order valence-corrected chi connectivity index (χ2v) is 10.4. The third kappa shape index (κ3) is 2.04. The van der Waals surface area contributed by atoms with Gasteiger partial charge < -0.3 is 4.57 Å². The number of rotatable bonds is 3. The summed E-state index contributed by atoms with van der Waals surface area (Å²) in [4.78, 5) is 0. The molecule has 0 N–H and O–H groups in total. The molecule has 0 saturated heterocycles. The molecule has 0 spiro atoms. The van der Waals surface area contributed by atoms with Crippen LogP contribution in [-0.4, -0.2) is 13.4 Å². The van der Waals surface area contributed by atoms with Crippen LogP contribution in [0.1, 0.15) is 25.0 Å². The number of benzene rings is 2. The molecule has 23 heavy (non-hydrogen) atoms. The van der Waals surface area contributed by atoms with Crippen molar-refractivity contribution < 1.29 is 0 Å².